The molecule has 0 unspecified atom stereocenters. The van der Waals surface area contributed by atoms with Gasteiger partial charge in [-0.1, -0.05) is 24.8 Å². The number of hydrogen-bond donors (Lipinski definition) is 1. The minimum absolute atomic E-state index is 0.0637. The van der Waals surface area contributed by atoms with Crippen LogP contribution in [0.15, 0.2) is 73.4 Å². The van der Waals surface area contributed by atoms with Gasteiger partial charge in [0.05, 0.1) is 0 Å². The van der Waals surface area contributed by atoms with Crippen molar-refractivity contribution in [3.63, 3.8) is 0 Å². The van der Waals surface area contributed by atoms with Gasteiger partial charge in [0.1, 0.15) is 22.8 Å². The smallest absolute Gasteiger partial charge is 0.255 e. The predicted octanol–water partition coefficient (Wildman–Crippen LogP) is 2.99. The average Bonchev–Trinajstić information content (AvgIpc) is 2.85. The zero-order valence-electron chi connectivity index (χ0n) is 17.9. The molecular weight excluding hydrogens is 422 g/mol. The molecule has 4 rings (SSSR count). The van der Waals surface area contributed by atoms with Gasteiger partial charge in [-0.15, -0.1) is 0 Å². The Morgan fingerprint density at radius 2 is 1.52 bits per heavy atom. The molecule has 1 fully saturated rings. The van der Waals surface area contributed by atoms with E-state index in [0.717, 1.165) is 5.75 Å². The monoisotopic (exact) mass is 445 g/mol. The maximum Gasteiger partial charge on any atom is 0.255 e. The van der Waals surface area contributed by atoms with Crippen molar-refractivity contribution in [2.75, 3.05) is 31.1 Å². The van der Waals surface area contributed by atoms with Crippen LogP contribution in [0.1, 0.15) is 10.4 Å². The molecule has 0 bridgehead atoms. The SMILES string of the molecule is C=CC(=O)N1CCN(c2ncc(C(N)=O)c(Oc3ccc(Oc4ccccc4)cc3)n2)CC1. The number of para-hydroxylation sites is 1. The highest BCUT2D eigenvalue weighted by Gasteiger charge is 2.23. The number of anilines is 1. The van der Waals surface area contributed by atoms with Gasteiger partial charge in [0.2, 0.25) is 17.7 Å². The Morgan fingerprint density at radius 3 is 2.12 bits per heavy atom. The molecule has 3 aromatic rings. The Morgan fingerprint density at radius 1 is 0.909 bits per heavy atom. The van der Waals surface area contributed by atoms with E-state index < -0.39 is 5.91 Å². The number of ether oxygens (including phenoxy) is 2. The first-order valence-electron chi connectivity index (χ1n) is 10.4. The summed E-state index contributed by atoms with van der Waals surface area (Å²) in [7, 11) is 0. The Bertz CT molecular complexity index is 1140. The highest BCUT2D eigenvalue weighted by atomic mass is 16.5. The standard InChI is InChI=1S/C24H23N5O4/c1-2-21(30)28-12-14-29(15-13-28)24-26-16-20(22(25)31)23(27-24)33-19-10-8-18(9-11-19)32-17-6-4-3-5-7-17/h2-11,16H,1,12-15H2,(H2,25,31). The third kappa shape index (κ3) is 5.27. The maximum absolute atomic E-state index is 11.9. The minimum atomic E-state index is -0.693. The van der Waals surface area contributed by atoms with Gasteiger partial charge >= 0.3 is 0 Å². The Labute approximate surface area is 191 Å². The summed E-state index contributed by atoms with van der Waals surface area (Å²) in [5, 5.41) is 0. The van der Waals surface area contributed by atoms with Crippen LogP contribution in [-0.2, 0) is 4.79 Å². The van der Waals surface area contributed by atoms with Crippen LogP contribution in [-0.4, -0.2) is 52.9 Å². The van der Waals surface area contributed by atoms with Gasteiger partial charge in [0, 0.05) is 32.4 Å². The van der Waals surface area contributed by atoms with E-state index in [1.54, 1.807) is 29.2 Å². The van der Waals surface area contributed by atoms with Gasteiger partial charge in [-0.25, -0.2) is 4.98 Å². The first-order valence-corrected chi connectivity index (χ1v) is 10.4. The molecule has 33 heavy (non-hydrogen) atoms. The number of benzene rings is 2. The number of nitrogens with two attached hydrogens (primary N) is 1. The number of rotatable bonds is 7. The molecular formula is C24H23N5O4. The van der Waals surface area contributed by atoms with E-state index >= 15 is 0 Å². The highest BCUT2D eigenvalue weighted by molar-refractivity contribution is 5.95. The van der Waals surface area contributed by atoms with Crippen LogP contribution in [0, 0.1) is 0 Å². The lowest BCUT2D eigenvalue weighted by Gasteiger charge is -2.34. The molecule has 9 nitrogen and oxygen atoms in total. The van der Waals surface area contributed by atoms with Crippen molar-refractivity contribution in [2.24, 2.45) is 5.73 Å². The zero-order chi connectivity index (χ0) is 23.2. The van der Waals surface area contributed by atoms with E-state index in [0.29, 0.717) is 43.6 Å². The number of amides is 2. The third-order valence-corrected chi connectivity index (χ3v) is 5.07. The van der Waals surface area contributed by atoms with Crippen LogP contribution in [0.25, 0.3) is 0 Å². The summed E-state index contributed by atoms with van der Waals surface area (Å²) in [6.45, 7) is 5.64. The fourth-order valence-corrected chi connectivity index (χ4v) is 3.32. The summed E-state index contributed by atoms with van der Waals surface area (Å²) in [5.74, 6) is 1.48. The van der Waals surface area contributed by atoms with E-state index in [1.165, 1.54) is 12.3 Å². The second kappa shape index (κ2) is 9.82. The van der Waals surface area contributed by atoms with Crippen LogP contribution in [0.3, 0.4) is 0 Å². The fraction of sp³-hybridized carbons (Fsp3) is 0.167. The first-order chi connectivity index (χ1) is 16.0. The summed E-state index contributed by atoms with van der Waals surface area (Å²) in [4.78, 5) is 36.0. The van der Waals surface area contributed by atoms with Crippen molar-refractivity contribution < 1.29 is 19.1 Å². The molecule has 1 aromatic heterocycles. The molecule has 2 N–H and O–H groups in total. The van der Waals surface area contributed by atoms with Crippen LogP contribution >= 0.6 is 0 Å². The van der Waals surface area contributed by atoms with Gasteiger partial charge in [-0.2, -0.15) is 4.98 Å². The zero-order valence-corrected chi connectivity index (χ0v) is 17.9. The normalized spacial score (nSPS) is 13.3. The van der Waals surface area contributed by atoms with Gasteiger partial charge in [0.25, 0.3) is 5.91 Å². The molecule has 0 spiro atoms. The van der Waals surface area contributed by atoms with Crippen LogP contribution in [0.2, 0.25) is 0 Å². The van der Waals surface area contributed by atoms with Crippen LogP contribution in [0.5, 0.6) is 23.1 Å². The molecule has 2 heterocycles. The number of carbonyl (C=O) groups is 2. The Balaban J connectivity index is 1.49. The first kappa shape index (κ1) is 21.8. The molecule has 2 aromatic carbocycles. The quantitative estimate of drug-likeness (QED) is 0.557. The summed E-state index contributed by atoms with van der Waals surface area (Å²) in [5.41, 5.74) is 5.56. The van der Waals surface area contributed by atoms with Gasteiger partial charge < -0.3 is 25.0 Å². The van der Waals surface area contributed by atoms with Gasteiger partial charge in [-0.05, 0) is 42.5 Å². The van der Waals surface area contributed by atoms with Crippen LogP contribution < -0.4 is 20.1 Å². The van der Waals surface area contributed by atoms with E-state index in [-0.39, 0.29) is 17.4 Å². The number of hydrogen-bond acceptors (Lipinski definition) is 7. The number of carbonyl (C=O) groups excluding carboxylic acids is 2. The second-order valence-electron chi connectivity index (χ2n) is 7.26. The average molecular weight is 445 g/mol. The molecule has 1 aliphatic heterocycles. The molecule has 1 aliphatic rings. The number of primary amides is 1. The van der Waals surface area contributed by atoms with Crippen molar-refractivity contribution >= 4 is 17.8 Å². The highest BCUT2D eigenvalue weighted by Crippen LogP contribution is 2.28. The van der Waals surface area contributed by atoms with Crippen LogP contribution in [0.4, 0.5) is 5.95 Å². The summed E-state index contributed by atoms with van der Waals surface area (Å²) in [6, 6.07) is 16.3. The number of piperazine rings is 1. The molecule has 1 saturated heterocycles. The van der Waals surface area contributed by atoms with Crippen molar-refractivity contribution in [1.82, 2.24) is 14.9 Å². The molecule has 0 atom stereocenters. The lowest BCUT2D eigenvalue weighted by molar-refractivity contribution is -0.126. The molecule has 0 saturated carbocycles. The number of aromatic nitrogens is 2. The topological polar surface area (TPSA) is 111 Å². The maximum atomic E-state index is 11.9. The lowest BCUT2D eigenvalue weighted by Crippen LogP contribution is -2.48. The molecule has 0 aliphatic carbocycles. The van der Waals surface area contributed by atoms with E-state index in [1.807, 2.05) is 35.2 Å². The van der Waals surface area contributed by atoms with Gasteiger partial charge in [-0.3, -0.25) is 9.59 Å². The summed E-state index contributed by atoms with van der Waals surface area (Å²) < 4.78 is 11.7. The number of nitrogens with zero attached hydrogens (tertiary/aromatic N) is 4. The van der Waals surface area contributed by atoms with Crippen molar-refractivity contribution in [3.05, 3.63) is 79.0 Å². The molecule has 0 radical (unpaired) electrons. The van der Waals surface area contributed by atoms with Crippen molar-refractivity contribution in [3.8, 4) is 23.1 Å². The lowest BCUT2D eigenvalue weighted by atomic mass is 10.3. The molecule has 168 valence electrons. The van der Waals surface area contributed by atoms with E-state index in [9.17, 15) is 9.59 Å². The summed E-state index contributed by atoms with van der Waals surface area (Å²) >= 11 is 0. The third-order valence-electron chi connectivity index (χ3n) is 5.07. The van der Waals surface area contributed by atoms with Crippen molar-refractivity contribution in [2.45, 2.75) is 0 Å². The van der Waals surface area contributed by atoms with E-state index in [2.05, 4.69) is 16.5 Å². The largest absolute Gasteiger partial charge is 0.457 e. The van der Waals surface area contributed by atoms with Crippen molar-refractivity contribution in [1.29, 1.82) is 0 Å². The summed E-state index contributed by atoms with van der Waals surface area (Å²) in [6.07, 6.45) is 2.66. The van der Waals surface area contributed by atoms with Gasteiger partial charge in [0.15, 0.2) is 0 Å². The molecule has 9 heteroatoms. The molecule has 2 amide bonds. The Kier molecular flexibility index (Phi) is 6.49. The second-order valence-corrected chi connectivity index (χ2v) is 7.26. The fourth-order valence-electron chi connectivity index (χ4n) is 3.32. The predicted molar refractivity (Wildman–Crippen MR) is 123 cm³/mol. The van der Waals surface area contributed by atoms with E-state index in [4.69, 9.17) is 15.2 Å². The minimum Gasteiger partial charge on any atom is -0.457 e. The Hall–Kier alpha value is -4.40.